The van der Waals surface area contributed by atoms with Crippen LogP contribution in [0.1, 0.15) is 25.7 Å². The third kappa shape index (κ3) is 3.55. The molecule has 20 heavy (non-hydrogen) atoms. The fraction of sp³-hybridized carbons (Fsp3) is 0.154. The van der Waals surface area contributed by atoms with E-state index in [1.807, 2.05) is 6.07 Å². The van der Waals surface area contributed by atoms with Gasteiger partial charge in [-0.3, -0.25) is 9.78 Å². The van der Waals surface area contributed by atoms with Crippen molar-refractivity contribution < 1.29 is 14.7 Å². The van der Waals surface area contributed by atoms with Gasteiger partial charge in [-0.15, -0.1) is 11.3 Å². The number of carboxylic acid groups (broad SMARTS) is 1. The standard InChI is InChI=1S/C13H11ClN2O3S/c14-10-4-3-8(20-10)5-7-16-12(17)11-9(13(18)19)2-1-6-15-11/h1-4,6H,5,7H2,(H,16,17)(H,18,19). The van der Waals surface area contributed by atoms with Crippen molar-refractivity contribution in [3.05, 3.63) is 50.9 Å². The van der Waals surface area contributed by atoms with Crippen molar-refractivity contribution in [2.75, 3.05) is 6.54 Å². The number of pyridine rings is 1. The Kier molecular flexibility index (Phi) is 4.70. The summed E-state index contributed by atoms with van der Waals surface area (Å²) in [7, 11) is 0. The second kappa shape index (κ2) is 6.49. The highest BCUT2D eigenvalue weighted by Crippen LogP contribution is 2.21. The largest absolute Gasteiger partial charge is 0.478 e. The highest BCUT2D eigenvalue weighted by molar-refractivity contribution is 7.16. The number of halogens is 1. The van der Waals surface area contributed by atoms with Gasteiger partial charge in [0.1, 0.15) is 5.69 Å². The molecule has 2 aromatic rings. The first-order chi connectivity index (χ1) is 9.58. The molecule has 2 aromatic heterocycles. The summed E-state index contributed by atoms with van der Waals surface area (Å²) in [5, 5.41) is 11.6. The minimum atomic E-state index is -1.17. The number of amides is 1. The lowest BCUT2D eigenvalue weighted by Crippen LogP contribution is -2.28. The normalized spacial score (nSPS) is 10.2. The molecule has 0 saturated heterocycles. The predicted molar refractivity (Wildman–Crippen MR) is 76.6 cm³/mol. The lowest BCUT2D eigenvalue weighted by atomic mass is 10.2. The quantitative estimate of drug-likeness (QED) is 0.889. The van der Waals surface area contributed by atoms with E-state index < -0.39 is 11.9 Å². The average molecular weight is 311 g/mol. The third-order valence-corrected chi connectivity index (χ3v) is 3.83. The van der Waals surface area contributed by atoms with Crippen LogP contribution in [-0.4, -0.2) is 28.5 Å². The smallest absolute Gasteiger partial charge is 0.338 e. The minimum absolute atomic E-state index is 0.0794. The maximum atomic E-state index is 11.9. The van der Waals surface area contributed by atoms with Gasteiger partial charge < -0.3 is 10.4 Å². The zero-order valence-corrected chi connectivity index (χ0v) is 11.9. The maximum absolute atomic E-state index is 11.9. The molecule has 0 radical (unpaired) electrons. The van der Waals surface area contributed by atoms with Crippen molar-refractivity contribution in [3.63, 3.8) is 0 Å². The van der Waals surface area contributed by atoms with Crippen LogP contribution in [0.25, 0.3) is 0 Å². The van der Waals surface area contributed by atoms with Gasteiger partial charge in [-0.05, 0) is 30.7 Å². The van der Waals surface area contributed by atoms with E-state index in [-0.39, 0.29) is 11.3 Å². The topological polar surface area (TPSA) is 79.3 Å². The van der Waals surface area contributed by atoms with Gasteiger partial charge in [0, 0.05) is 17.6 Å². The van der Waals surface area contributed by atoms with E-state index in [4.69, 9.17) is 16.7 Å². The Bertz CT molecular complexity index is 642. The molecule has 0 spiro atoms. The van der Waals surface area contributed by atoms with E-state index in [0.717, 1.165) is 4.88 Å². The van der Waals surface area contributed by atoms with Gasteiger partial charge in [-0.1, -0.05) is 11.6 Å². The Morgan fingerprint density at radius 1 is 1.35 bits per heavy atom. The van der Waals surface area contributed by atoms with Crippen LogP contribution >= 0.6 is 22.9 Å². The van der Waals surface area contributed by atoms with Crippen molar-refractivity contribution in [3.8, 4) is 0 Å². The van der Waals surface area contributed by atoms with E-state index in [9.17, 15) is 9.59 Å². The number of nitrogens with one attached hydrogen (secondary N) is 1. The van der Waals surface area contributed by atoms with Crippen LogP contribution in [-0.2, 0) is 6.42 Å². The SMILES string of the molecule is O=C(O)c1cccnc1C(=O)NCCc1ccc(Cl)s1. The molecule has 2 rings (SSSR count). The summed E-state index contributed by atoms with van der Waals surface area (Å²) in [6.45, 7) is 0.394. The molecule has 0 aromatic carbocycles. The Balaban J connectivity index is 1.97. The van der Waals surface area contributed by atoms with E-state index in [0.29, 0.717) is 17.3 Å². The third-order valence-electron chi connectivity index (χ3n) is 2.54. The first kappa shape index (κ1) is 14.5. The molecule has 2 N–H and O–H groups in total. The van der Waals surface area contributed by atoms with E-state index in [1.54, 1.807) is 6.07 Å². The monoisotopic (exact) mass is 310 g/mol. The van der Waals surface area contributed by atoms with Crippen LogP contribution < -0.4 is 5.32 Å². The summed E-state index contributed by atoms with van der Waals surface area (Å²) in [4.78, 5) is 27.8. The second-order valence-corrected chi connectivity index (χ2v) is 5.72. The first-order valence-corrected chi connectivity index (χ1v) is 6.98. The van der Waals surface area contributed by atoms with Crippen molar-refractivity contribution >= 4 is 34.8 Å². The number of hydrogen-bond donors (Lipinski definition) is 2. The molecule has 7 heteroatoms. The van der Waals surface area contributed by atoms with Crippen LogP contribution in [0.3, 0.4) is 0 Å². The fourth-order valence-electron chi connectivity index (χ4n) is 1.63. The Morgan fingerprint density at radius 3 is 2.80 bits per heavy atom. The van der Waals surface area contributed by atoms with Gasteiger partial charge in [0.05, 0.1) is 9.90 Å². The van der Waals surface area contributed by atoms with Crippen LogP contribution in [0.2, 0.25) is 4.34 Å². The summed E-state index contributed by atoms with van der Waals surface area (Å²) >= 11 is 7.26. The number of carboxylic acids is 1. The van der Waals surface area contributed by atoms with Gasteiger partial charge in [-0.25, -0.2) is 4.79 Å². The molecule has 1 amide bonds. The van der Waals surface area contributed by atoms with Gasteiger partial charge in [-0.2, -0.15) is 0 Å². The first-order valence-electron chi connectivity index (χ1n) is 5.78. The molecule has 2 heterocycles. The summed E-state index contributed by atoms with van der Waals surface area (Å²) in [6, 6.07) is 6.52. The molecule has 0 fully saturated rings. The van der Waals surface area contributed by atoms with Crippen LogP contribution in [0.5, 0.6) is 0 Å². The number of carbonyl (C=O) groups excluding carboxylic acids is 1. The van der Waals surface area contributed by atoms with E-state index in [2.05, 4.69) is 10.3 Å². The highest BCUT2D eigenvalue weighted by Gasteiger charge is 2.16. The molecule has 0 bridgehead atoms. The van der Waals surface area contributed by atoms with Gasteiger partial charge in [0.15, 0.2) is 0 Å². The highest BCUT2D eigenvalue weighted by atomic mass is 35.5. The molecular formula is C13H11ClN2O3S. The summed E-state index contributed by atoms with van der Waals surface area (Å²) in [5.74, 6) is -1.67. The Labute approximate surface area is 124 Å². The Morgan fingerprint density at radius 2 is 2.15 bits per heavy atom. The van der Waals surface area contributed by atoms with Gasteiger partial charge in [0.25, 0.3) is 5.91 Å². The van der Waals surface area contributed by atoms with Gasteiger partial charge in [0.2, 0.25) is 0 Å². The minimum Gasteiger partial charge on any atom is -0.478 e. The predicted octanol–water partition coefficient (Wildman–Crippen LogP) is 2.47. The molecule has 5 nitrogen and oxygen atoms in total. The number of aromatic nitrogens is 1. The van der Waals surface area contributed by atoms with E-state index >= 15 is 0 Å². The lowest BCUT2D eigenvalue weighted by molar-refractivity contribution is 0.0690. The Hall–Kier alpha value is -1.92. The number of nitrogens with zero attached hydrogens (tertiary/aromatic N) is 1. The number of thiophene rings is 1. The van der Waals surface area contributed by atoms with Crippen molar-refractivity contribution in [1.29, 1.82) is 0 Å². The fourth-order valence-corrected chi connectivity index (χ4v) is 2.71. The summed E-state index contributed by atoms with van der Waals surface area (Å²) in [5.41, 5.74) is -0.187. The summed E-state index contributed by atoms with van der Waals surface area (Å²) < 4.78 is 0.698. The van der Waals surface area contributed by atoms with Crippen LogP contribution in [0.15, 0.2) is 30.5 Å². The van der Waals surface area contributed by atoms with Crippen LogP contribution in [0, 0.1) is 0 Å². The maximum Gasteiger partial charge on any atom is 0.338 e. The molecule has 0 unspecified atom stereocenters. The number of carbonyl (C=O) groups is 2. The zero-order valence-electron chi connectivity index (χ0n) is 10.3. The molecule has 104 valence electrons. The van der Waals surface area contributed by atoms with Crippen molar-refractivity contribution in [2.45, 2.75) is 6.42 Å². The molecule has 0 aliphatic rings. The number of hydrogen-bond acceptors (Lipinski definition) is 4. The second-order valence-electron chi connectivity index (χ2n) is 3.92. The van der Waals surface area contributed by atoms with Crippen LogP contribution in [0.4, 0.5) is 0 Å². The molecule has 0 saturated carbocycles. The number of rotatable bonds is 5. The van der Waals surface area contributed by atoms with E-state index in [1.165, 1.54) is 29.7 Å². The van der Waals surface area contributed by atoms with Gasteiger partial charge >= 0.3 is 5.97 Å². The molecule has 0 aliphatic carbocycles. The number of aromatic carboxylic acids is 1. The lowest BCUT2D eigenvalue weighted by Gasteiger charge is -2.06. The van der Waals surface area contributed by atoms with Crippen molar-refractivity contribution in [1.82, 2.24) is 10.3 Å². The molecule has 0 atom stereocenters. The summed E-state index contributed by atoms with van der Waals surface area (Å²) in [6.07, 6.45) is 2.03. The van der Waals surface area contributed by atoms with Crippen molar-refractivity contribution in [2.24, 2.45) is 0 Å². The zero-order chi connectivity index (χ0) is 14.5. The molecular weight excluding hydrogens is 300 g/mol. The molecule has 0 aliphatic heterocycles. The average Bonchev–Trinajstić information content (AvgIpc) is 2.84.